The van der Waals surface area contributed by atoms with Crippen LogP contribution >= 0.6 is 0 Å². The predicted molar refractivity (Wildman–Crippen MR) is 87.0 cm³/mol. The van der Waals surface area contributed by atoms with Gasteiger partial charge in [0.25, 0.3) is 0 Å². The summed E-state index contributed by atoms with van der Waals surface area (Å²) in [5.74, 6) is 1.12. The molecule has 0 bridgehead atoms. The van der Waals surface area contributed by atoms with Gasteiger partial charge in [0.05, 0.1) is 6.61 Å². The van der Waals surface area contributed by atoms with E-state index in [1.54, 1.807) is 6.07 Å². The molecule has 1 N–H and O–H groups in total. The van der Waals surface area contributed by atoms with Crippen LogP contribution in [0.1, 0.15) is 27.2 Å². The van der Waals surface area contributed by atoms with Gasteiger partial charge in [-0.2, -0.15) is 0 Å². The first kappa shape index (κ1) is 15.9. The van der Waals surface area contributed by atoms with Crippen molar-refractivity contribution in [3.8, 4) is 11.5 Å². The molecule has 1 unspecified atom stereocenters. The molecular formula is C17H24N2O4. The maximum absolute atomic E-state index is 12.5. The molecule has 3 rings (SSSR count). The summed E-state index contributed by atoms with van der Waals surface area (Å²) < 4.78 is 16.7. The molecule has 0 aliphatic carbocycles. The third-order valence-corrected chi connectivity index (χ3v) is 4.08. The van der Waals surface area contributed by atoms with Gasteiger partial charge < -0.3 is 24.4 Å². The second kappa shape index (κ2) is 6.28. The summed E-state index contributed by atoms with van der Waals surface area (Å²) in [7, 11) is 0. The van der Waals surface area contributed by atoms with Crippen LogP contribution in [0.15, 0.2) is 18.2 Å². The van der Waals surface area contributed by atoms with E-state index in [2.05, 4.69) is 5.32 Å². The Morgan fingerprint density at radius 1 is 1.35 bits per heavy atom. The van der Waals surface area contributed by atoms with E-state index in [1.165, 1.54) is 0 Å². The first-order valence-electron chi connectivity index (χ1n) is 8.12. The van der Waals surface area contributed by atoms with Crippen LogP contribution in [0.25, 0.3) is 0 Å². The number of nitrogens with zero attached hydrogens (tertiary/aromatic N) is 1. The topological polar surface area (TPSA) is 60.0 Å². The molecule has 1 aromatic carbocycles. The van der Waals surface area contributed by atoms with Crippen LogP contribution in [0, 0.1) is 5.92 Å². The maximum atomic E-state index is 12.5. The Bertz CT molecular complexity index is 582. The van der Waals surface area contributed by atoms with E-state index in [-0.39, 0.29) is 6.03 Å². The largest absolute Gasteiger partial charge is 0.449 e. The molecule has 2 aliphatic rings. The van der Waals surface area contributed by atoms with Crippen LogP contribution in [-0.2, 0) is 4.74 Å². The number of carbonyl (C=O) groups is 1. The number of hydrogen-bond acceptors (Lipinski definition) is 4. The number of amides is 2. The molecular weight excluding hydrogens is 296 g/mol. The minimum atomic E-state index is -0.664. The molecule has 1 saturated heterocycles. The molecule has 23 heavy (non-hydrogen) atoms. The number of nitrogens with one attached hydrogen (secondary N) is 1. The lowest BCUT2D eigenvalue weighted by molar-refractivity contribution is -0.0431. The second-order valence-corrected chi connectivity index (χ2v) is 6.46. The fourth-order valence-corrected chi connectivity index (χ4v) is 2.90. The van der Waals surface area contributed by atoms with E-state index >= 15 is 0 Å². The number of carbonyl (C=O) groups excluding carboxylic acids is 1. The molecule has 0 aromatic heterocycles. The average molecular weight is 320 g/mol. The Morgan fingerprint density at radius 3 is 2.83 bits per heavy atom. The fraction of sp³-hybridized carbons (Fsp3) is 0.588. The Kier molecular flexibility index (Phi) is 4.35. The van der Waals surface area contributed by atoms with Gasteiger partial charge in [-0.1, -0.05) is 0 Å². The molecule has 6 heteroatoms. The highest BCUT2D eigenvalue weighted by atomic mass is 16.7. The molecule has 1 aromatic rings. The van der Waals surface area contributed by atoms with E-state index < -0.39 is 5.79 Å². The molecule has 0 saturated carbocycles. The number of fused-ring (bicyclic) bond motifs is 1. The Hall–Kier alpha value is -1.95. The van der Waals surface area contributed by atoms with Crippen LogP contribution in [0.5, 0.6) is 11.5 Å². The smallest absolute Gasteiger partial charge is 0.321 e. The number of benzene rings is 1. The lowest BCUT2D eigenvalue weighted by Crippen LogP contribution is -2.38. The summed E-state index contributed by atoms with van der Waals surface area (Å²) in [6, 6.07) is 5.35. The minimum absolute atomic E-state index is 0.0995. The van der Waals surface area contributed by atoms with Gasteiger partial charge in [0.2, 0.25) is 5.79 Å². The summed E-state index contributed by atoms with van der Waals surface area (Å²) in [4.78, 5) is 14.3. The van der Waals surface area contributed by atoms with Crippen molar-refractivity contribution in [1.29, 1.82) is 0 Å². The highest BCUT2D eigenvalue weighted by molar-refractivity contribution is 5.89. The quantitative estimate of drug-likeness (QED) is 0.926. The monoisotopic (exact) mass is 320 g/mol. The van der Waals surface area contributed by atoms with Gasteiger partial charge in [-0.3, -0.25) is 0 Å². The standard InChI is InChI=1S/C17H24N2O4/c1-4-19(10-12-7-8-21-11-12)16(20)18-13-5-6-14-15(9-13)23-17(2,3)22-14/h5-6,9,12H,4,7-8,10-11H2,1-3H3,(H,18,20). The van der Waals surface area contributed by atoms with Gasteiger partial charge >= 0.3 is 6.03 Å². The third-order valence-electron chi connectivity index (χ3n) is 4.08. The van der Waals surface area contributed by atoms with Gasteiger partial charge in [0.1, 0.15) is 0 Å². The van der Waals surface area contributed by atoms with Gasteiger partial charge in [0.15, 0.2) is 11.5 Å². The zero-order chi connectivity index (χ0) is 16.4. The second-order valence-electron chi connectivity index (χ2n) is 6.46. The van der Waals surface area contributed by atoms with E-state index in [1.807, 2.05) is 37.8 Å². The minimum Gasteiger partial charge on any atom is -0.449 e. The van der Waals surface area contributed by atoms with E-state index in [0.29, 0.717) is 29.6 Å². The lowest BCUT2D eigenvalue weighted by atomic mass is 10.1. The normalized spacial score (nSPS) is 21.3. The average Bonchev–Trinajstić information content (AvgIpc) is 3.09. The van der Waals surface area contributed by atoms with Crippen molar-refractivity contribution in [2.24, 2.45) is 5.92 Å². The van der Waals surface area contributed by atoms with Crippen LogP contribution in [-0.4, -0.2) is 43.0 Å². The van der Waals surface area contributed by atoms with Crippen molar-refractivity contribution >= 4 is 11.7 Å². The maximum Gasteiger partial charge on any atom is 0.321 e. The molecule has 2 aliphatic heterocycles. The zero-order valence-corrected chi connectivity index (χ0v) is 13.9. The highest BCUT2D eigenvalue weighted by Crippen LogP contribution is 2.40. The number of ether oxygens (including phenoxy) is 3. The van der Waals surface area contributed by atoms with Crippen molar-refractivity contribution in [1.82, 2.24) is 4.90 Å². The summed E-state index contributed by atoms with van der Waals surface area (Å²) >= 11 is 0. The molecule has 2 amide bonds. The Morgan fingerprint density at radius 2 is 2.13 bits per heavy atom. The molecule has 1 fully saturated rings. The first-order chi connectivity index (χ1) is 11.0. The van der Waals surface area contributed by atoms with Crippen molar-refractivity contribution in [2.75, 3.05) is 31.6 Å². The number of hydrogen-bond donors (Lipinski definition) is 1. The molecule has 0 spiro atoms. The van der Waals surface area contributed by atoms with Crippen molar-refractivity contribution in [2.45, 2.75) is 33.0 Å². The predicted octanol–water partition coefficient (Wildman–Crippen LogP) is 3.08. The summed E-state index contributed by atoms with van der Waals surface area (Å²) in [6.45, 7) is 8.61. The molecule has 6 nitrogen and oxygen atoms in total. The van der Waals surface area contributed by atoms with E-state index in [9.17, 15) is 4.79 Å². The number of rotatable bonds is 4. The summed E-state index contributed by atoms with van der Waals surface area (Å²) in [6.07, 6.45) is 1.02. The van der Waals surface area contributed by atoms with Gasteiger partial charge in [-0.15, -0.1) is 0 Å². The van der Waals surface area contributed by atoms with E-state index in [4.69, 9.17) is 14.2 Å². The zero-order valence-electron chi connectivity index (χ0n) is 13.9. The first-order valence-corrected chi connectivity index (χ1v) is 8.12. The number of anilines is 1. The van der Waals surface area contributed by atoms with Crippen LogP contribution in [0.3, 0.4) is 0 Å². The Labute approximate surface area is 136 Å². The summed E-state index contributed by atoms with van der Waals surface area (Å²) in [5, 5.41) is 2.93. The SMILES string of the molecule is CCN(CC1CCOC1)C(=O)Nc1ccc2c(c1)OC(C)(C)O2. The van der Waals surface area contributed by atoms with Gasteiger partial charge in [-0.25, -0.2) is 4.79 Å². The van der Waals surface area contributed by atoms with Crippen molar-refractivity contribution < 1.29 is 19.0 Å². The summed E-state index contributed by atoms with van der Waals surface area (Å²) in [5.41, 5.74) is 0.705. The van der Waals surface area contributed by atoms with Crippen molar-refractivity contribution in [3.05, 3.63) is 18.2 Å². The molecule has 0 radical (unpaired) electrons. The van der Waals surface area contributed by atoms with Crippen LogP contribution < -0.4 is 14.8 Å². The van der Waals surface area contributed by atoms with Gasteiger partial charge in [-0.05, 0) is 25.5 Å². The highest BCUT2D eigenvalue weighted by Gasteiger charge is 2.31. The van der Waals surface area contributed by atoms with E-state index in [0.717, 1.165) is 26.2 Å². The fourth-order valence-electron chi connectivity index (χ4n) is 2.90. The van der Waals surface area contributed by atoms with Gasteiger partial charge in [0, 0.05) is 51.2 Å². The lowest BCUT2D eigenvalue weighted by Gasteiger charge is -2.24. The van der Waals surface area contributed by atoms with Crippen LogP contribution in [0.4, 0.5) is 10.5 Å². The third kappa shape index (κ3) is 3.69. The molecule has 126 valence electrons. The Balaban J connectivity index is 1.63. The molecule has 1 atom stereocenters. The molecule has 2 heterocycles. The van der Waals surface area contributed by atoms with Crippen LogP contribution in [0.2, 0.25) is 0 Å². The number of urea groups is 1. The van der Waals surface area contributed by atoms with Crippen molar-refractivity contribution in [3.63, 3.8) is 0 Å².